The van der Waals surface area contributed by atoms with Crippen LogP contribution in [0.2, 0.25) is 0 Å². The first-order valence-corrected chi connectivity index (χ1v) is 6.47. The summed E-state index contributed by atoms with van der Waals surface area (Å²) in [6, 6.07) is 3.38. The molecule has 21 heavy (non-hydrogen) atoms. The second-order valence-corrected chi connectivity index (χ2v) is 4.76. The maximum atomic E-state index is 12.0. The number of aromatic nitrogens is 1. The Bertz CT molecular complexity index is 425. The van der Waals surface area contributed by atoms with Crippen LogP contribution in [0, 0.1) is 0 Å². The molecule has 1 aliphatic rings. The van der Waals surface area contributed by atoms with Gasteiger partial charge in [-0.3, -0.25) is 9.69 Å². The van der Waals surface area contributed by atoms with Crippen LogP contribution < -0.4 is 11.1 Å². The van der Waals surface area contributed by atoms with E-state index in [0.29, 0.717) is 11.4 Å². The fourth-order valence-electron chi connectivity index (χ4n) is 2.05. The predicted molar refractivity (Wildman–Crippen MR) is 87.3 cm³/mol. The number of halogens is 2. The van der Waals surface area contributed by atoms with Crippen LogP contribution in [0.15, 0.2) is 18.3 Å². The smallest absolute Gasteiger partial charge is 0.270 e. The number of carbonyl (C=O) groups is 1. The fourth-order valence-corrected chi connectivity index (χ4v) is 2.05. The molecule has 0 bridgehead atoms. The number of nitrogens with zero attached hydrogens (tertiary/aromatic N) is 2. The third-order valence-corrected chi connectivity index (χ3v) is 3.03. The summed E-state index contributed by atoms with van der Waals surface area (Å²) >= 11 is 0. The molecule has 3 N–H and O–H groups in total. The van der Waals surface area contributed by atoms with Crippen LogP contribution in [0.4, 0.5) is 5.69 Å². The van der Waals surface area contributed by atoms with Gasteiger partial charge in [0.25, 0.3) is 5.91 Å². The van der Waals surface area contributed by atoms with Gasteiger partial charge in [0.15, 0.2) is 0 Å². The van der Waals surface area contributed by atoms with E-state index < -0.39 is 0 Å². The Kier molecular flexibility index (Phi) is 9.28. The molecule has 1 unspecified atom stereocenters. The van der Waals surface area contributed by atoms with Crippen molar-refractivity contribution in [2.75, 3.05) is 38.6 Å². The summed E-state index contributed by atoms with van der Waals surface area (Å²) in [5.41, 5.74) is 6.48. The van der Waals surface area contributed by atoms with Crippen LogP contribution >= 0.6 is 24.8 Å². The molecule has 6 nitrogen and oxygen atoms in total. The number of hydrogen-bond acceptors (Lipinski definition) is 5. The molecule has 0 spiro atoms. The Morgan fingerprint density at radius 1 is 1.43 bits per heavy atom. The molecule has 0 saturated carbocycles. The number of nitrogens with two attached hydrogens (primary N) is 1. The van der Waals surface area contributed by atoms with Crippen molar-refractivity contribution in [1.82, 2.24) is 15.2 Å². The molecule has 2 heterocycles. The summed E-state index contributed by atoms with van der Waals surface area (Å²) in [6.45, 7) is 6.18. The normalized spacial score (nSPS) is 16.2. The quantitative estimate of drug-likeness (QED) is 0.855. The zero-order chi connectivity index (χ0) is 13.7. The Balaban J connectivity index is 0.00000200. The van der Waals surface area contributed by atoms with Gasteiger partial charge >= 0.3 is 0 Å². The lowest BCUT2D eigenvalue weighted by molar-refractivity contribution is 0.0342. The number of pyridine rings is 1. The van der Waals surface area contributed by atoms with Gasteiger partial charge in [-0.15, -0.1) is 24.8 Å². The molecule has 120 valence electrons. The molecule has 0 aliphatic carbocycles. The minimum Gasteiger partial charge on any atom is -0.397 e. The van der Waals surface area contributed by atoms with Crippen molar-refractivity contribution in [2.45, 2.75) is 13.0 Å². The van der Waals surface area contributed by atoms with Crippen LogP contribution in [0.5, 0.6) is 0 Å². The van der Waals surface area contributed by atoms with E-state index >= 15 is 0 Å². The highest BCUT2D eigenvalue weighted by atomic mass is 35.5. The van der Waals surface area contributed by atoms with Gasteiger partial charge in [0.2, 0.25) is 0 Å². The second kappa shape index (κ2) is 9.78. The number of anilines is 1. The van der Waals surface area contributed by atoms with Crippen LogP contribution in [-0.4, -0.2) is 54.7 Å². The molecule has 1 saturated heterocycles. The summed E-state index contributed by atoms with van der Waals surface area (Å²) in [5.74, 6) is -0.166. The Labute approximate surface area is 137 Å². The zero-order valence-electron chi connectivity index (χ0n) is 11.9. The van der Waals surface area contributed by atoms with Crippen LogP contribution in [-0.2, 0) is 4.74 Å². The summed E-state index contributed by atoms with van der Waals surface area (Å²) in [7, 11) is 0. The molecule has 1 aromatic heterocycles. The average molecular weight is 337 g/mol. The lowest BCUT2D eigenvalue weighted by atomic mass is 10.2. The number of rotatable bonds is 4. The number of nitrogen functional groups attached to an aromatic ring is 1. The van der Waals surface area contributed by atoms with Crippen molar-refractivity contribution >= 4 is 36.4 Å². The lowest BCUT2D eigenvalue weighted by Gasteiger charge is -2.29. The van der Waals surface area contributed by atoms with E-state index in [2.05, 4.69) is 15.2 Å². The van der Waals surface area contributed by atoms with E-state index in [1.54, 1.807) is 12.1 Å². The number of ether oxygens (including phenoxy) is 1. The molecule has 0 aromatic carbocycles. The Morgan fingerprint density at radius 2 is 2.10 bits per heavy atom. The molecular formula is C13H22Cl2N4O2. The Morgan fingerprint density at radius 3 is 2.67 bits per heavy atom. The highest BCUT2D eigenvalue weighted by molar-refractivity contribution is 5.92. The van der Waals surface area contributed by atoms with Gasteiger partial charge in [0, 0.05) is 25.7 Å². The maximum Gasteiger partial charge on any atom is 0.270 e. The summed E-state index contributed by atoms with van der Waals surface area (Å²) in [5, 5.41) is 2.94. The number of hydrogen-bond donors (Lipinski definition) is 2. The standard InChI is InChI=1S/C13H20N4O2.2ClH/c1-10(9-17-4-6-19-7-5-17)16-13(18)12-3-2-11(14)8-15-12;;/h2-3,8,10H,4-7,9,14H2,1H3,(H,16,18);2*1H. The van der Waals surface area contributed by atoms with E-state index in [1.807, 2.05) is 6.92 Å². The van der Waals surface area contributed by atoms with Crippen molar-refractivity contribution in [1.29, 1.82) is 0 Å². The molecular weight excluding hydrogens is 315 g/mol. The monoisotopic (exact) mass is 336 g/mol. The van der Waals surface area contributed by atoms with Crippen molar-refractivity contribution in [2.24, 2.45) is 0 Å². The molecule has 1 amide bonds. The van der Waals surface area contributed by atoms with Gasteiger partial charge in [0.05, 0.1) is 25.1 Å². The Hall–Kier alpha value is -1.08. The largest absolute Gasteiger partial charge is 0.397 e. The molecule has 1 aliphatic heterocycles. The number of nitrogens with one attached hydrogen (secondary N) is 1. The first kappa shape index (κ1) is 19.9. The van der Waals surface area contributed by atoms with Gasteiger partial charge in [-0.1, -0.05) is 0 Å². The van der Waals surface area contributed by atoms with Crippen molar-refractivity contribution < 1.29 is 9.53 Å². The van der Waals surface area contributed by atoms with E-state index in [-0.39, 0.29) is 36.8 Å². The third kappa shape index (κ3) is 6.48. The molecule has 0 radical (unpaired) electrons. The SMILES string of the molecule is CC(CN1CCOCC1)NC(=O)c1ccc(N)cn1.Cl.Cl. The summed E-state index contributed by atoms with van der Waals surface area (Å²) in [6.07, 6.45) is 1.49. The van der Waals surface area contributed by atoms with Gasteiger partial charge in [-0.25, -0.2) is 4.98 Å². The predicted octanol–water partition coefficient (Wildman–Crippen LogP) is 0.958. The van der Waals surface area contributed by atoms with Crippen LogP contribution in [0.3, 0.4) is 0 Å². The van der Waals surface area contributed by atoms with E-state index in [9.17, 15) is 4.79 Å². The topological polar surface area (TPSA) is 80.5 Å². The van der Waals surface area contributed by atoms with Gasteiger partial charge in [-0.2, -0.15) is 0 Å². The van der Waals surface area contributed by atoms with Gasteiger partial charge in [0.1, 0.15) is 5.69 Å². The molecule has 1 atom stereocenters. The van der Waals surface area contributed by atoms with E-state index in [4.69, 9.17) is 10.5 Å². The lowest BCUT2D eigenvalue weighted by Crippen LogP contribution is -2.46. The van der Waals surface area contributed by atoms with Crippen LogP contribution in [0.1, 0.15) is 17.4 Å². The minimum atomic E-state index is -0.166. The first-order valence-electron chi connectivity index (χ1n) is 6.47. The van der Waals surface area contributed by atoms with Crippen molar-refractivity contribution in [3.8, 4) is 0 Å². The molecule has 1 aromatic rings. The highest BCUT2D eigenvalue weighted by Crippen LogP contribution is 2.02. The zero-order valence-corrected chi connectivity index (χ0v) is 13.6. The van der Waals surface area contributed by atoms with Gasteiger partial charge < -0.3 is 15.8 Å². The van der Waals surface area contributed by atoms with Crippen molar-refractivity contribution in [3.63, 3.8) is 0 Å². The summed E-state index contributed by atoms with van der Waals surface area (Å²) < 4.78 is 5.29. The van der Waals surface area contributed by atoms with E-state index in [1.165, 1.54) is 6.20 Å². The number of carbonyl (C=O) groups excluding carboxylic acids is 1. The number of morpholine rings is 1. The van der Waals surface area contributed by atoms with Crippen LogP contribution in [0.25, 0.3) is 0 Å². The second-order valence-electron chi connectivity index (χ2n) is 4.76. The van der Waals surface area contributed by atoms with Crippen molar-refractivity contribution in [3.05, 3.63) is 24.0 Å². The summed E-state index contributed by atoms with van der Waals surface area (Å²) in [4.78, 5) is 18.2. The maximum absolute atomic E-state index is 12.0. The first-order chi connectivity index (χ1) is 9.15. The average Bonchev–Trinajstić information content (AvgIpc) is 2.40. The molecule has 2 rings (SSSR count). The number of amides is 1. The highest BCUT2D eigenvalue weighted by Gasteiger charge is 2.16. The fraction of sp³-hybridized carbons (Fsp3) is 0.538. The van der Waals surface area contributed by atoms with Gasteiger partial charge in [-0.05, 0) is 19.1 Å². The third-order valence-electron chi connectivity index (χ3n) is 3.03. The van der Waals surface area contributed by atoms with E-state index in [0.717, 1.165) is 32.8 Å². The molecule has 1 fully saturated rings. The molecule has 8 heteroatoms. The minimum absolute atomic E-state index is 0.